The number of nitrogens with two attached hydrogens (primary N) is 3. The van der Waals surface area contributed by atoms with E-state index < -0.39 is 0 Å². The quantitative estimate of drug-likeness (QED) is 0.285. The lowest BCUT2D eigenvalue weighted by atomic mass is 9.97. The summed E-state index contributed by atoms with van der Waals surface area (Å²) in [5.74, 6) is 18.7. The largest absolute Gasteiger partial charge is 0.397 e. The summed E-state index contributed by atoms with van der Waals surface area (Å²) in [6, 6.07) is 28.9. The van der Waals surface area contributed by atoms with Crippen LogP contribution in [0.15, 0.2) is 91.0 Å². The van der Waals surface area contributed by atoms with Crippen LogP contribution in [-0.4, -0.2) is 0 Å². The van der Waals surface area contributed by atoms with Crippen molar-refractivity contribution in [1.29, 1.82) is 0 Å². The number of hydrogen-bond acceptors (Lipinski definition) is 3. The fourth-order valence-electron chi connectivity index (χ4n) is 3.18. The maximum absolute atomic E-state index is 6.48. The maximum Gasteiger partial charge on any atom is 0.0735 e. The highest BCUT2D eigenvalue weighted by Gasteiger charge is 2.16. The van der Waals surface area contributed by atoms with E-state index >= 15 is 0 Å². The van der Waals surface area contributed by atoms with Crippen molar-refractivity contribution in [1.82, 2.24) is 0 Å². The predicted molar refractivity (Wildman–Crippen MR) is 137 cm³/mol. The summed E-state index contributed by atoms with van der Waals surface area (Å²) >= 11 is 0. The molecule has 0 aliphatic carbocycles. The third kappa shape index (κ3) is 5.00. The molecule has 0 amide bonds. The zero-order valence-corrected chi connectivity index (χ0v) is 17.9. The zero-order chi connectivity index (χ0) is 23.0. The van der Waals surface area contributed by atoms with Crippen LogP contribution in [0.4, 0.5) is 17.1 Å². The van der Waals surface area contributed by atoms with E-state index in [2.05, 4.69) is 35.5 Å². The van der Waals surface area contributed by atoms with Crippen molar-refractivity contribution in [2.24, 2.45) is 0 Å². The Labute approximate surface area is 194 Å². The minimum absolute atomic E-state index is 0.349. The Hall–Kier alpha value is -5.04. The Kier molecular flexibility index (Phi) is 6.33. The van der Waals surface area contributed by atoms with Crippen molar-refractivity contribution in [3.05, 3.63) is 124 Å². The highest BCUT2D eigenvalue weighted by atomic mass is 14.7. The third-order valence-corrected chi connectivity index (χ3v) is 4.93. The fourth-order valence-corrected chi connectivity index (χ4v) is 3.18. The summed E-state index contributed by atoms with van der Waals surface area (Å²) in [6.07, 6.45) is 0. The maximum atomic E-state index is 6.48. The van der Waals surface area contributed by atoms with E-state index in [9.17, 15) is 0 Å². The van der Waals surface area contributed by atoms with Gasteiger partial charge in [-0.05, 0) is 36.4 Å². The van der Waals surface area contributed by atoms with E-state index in [1.165, 1.54) is 0 Å². The van der Waals surface area contributed by atoms with Crippen LogP contribution in [0.3, 0.4) is 0 Å². The first-order chi connectivity index (χ1) is 16.1. The molecule has 0 aliphatic heterocycles. The lowest BCUT2D eigenvalue weighted by Crippen LogP contribution is -2.08. The van der Waals surface area contributed by atoms with Gasteiger partial charge in [-0.2, -0.15) is 0 Å². The van der Waals surface area contributed by atoms with Crippen LogP contribution in [0, 0.1) is 35.5 Å². The van der Waals surface area contributed by atoms with Gasteiger partial charge in [0.15, 0.2) is 0 Å². The second-order valence-electron chi connectivity index (χ2n) is 7.21. The topological polar surface area (TPSA) is 78.1 Å². The highest BCUT2D eigenvalue weighted by molar-refractivity contribution is 5.89. The molecule has 0 atom stereocenters. The van der Waals surface area contributed by atoms with Crippen molar-refractivity contribution in [3.8, 4) is 35.5 Å². The first-order valence-corrected chi connectivity index (χ1v) is 10.3. The summed E-state index contributed by atoms with van der Waals surface area (Å²) in [7, 11) is 0. The molecule has 3 heteroatoms. The second kappa shape index (κ2) is 9.84. The summed E-state index contributed by atoms with van der Waals surface area (Å²) in [5, 5.41) is 0. The van der Waals surface area contributed by atoms with Gasteiger partial charge in [0.05, 0.1) is 33.8 Å². The Bertz CT molecular complexity index is 1260. The van der Waals surface area contributed by atoms with Gasteiger partial charge >= 0.3 is 0 Å². The molecule has 3 nitrogen and oxygen atoms in total. The molecular formula is C30H21N3. The molecule has 156 valence electrons. The summed E-state index contributed by atoms with van der Waals surface area (Å²) in [4.78, 5) is 0. The molecule has 6 N–H and O–H groups in total. The normalized spacial score (nSPS) is 9.45. The number of anilines is 3. The van der Waals surface area contributed by atoms with Crippen molar-refractivity contribution < 1.29 is 0 Å². The predicted octanol–water partition coefficient (Wildman–Crippen LogP) is 4.63. The van der Waals surface area contributed by atoms with Crippen LogP contribution in [-0.2, 0) is 0 Å². The Morgan fingerprint density at radius 2 is 0.576 bits per heavy atom. The van der Waals surface area contributed by atoms with E-state index in [0.717, 1.165) is 16.7 Å². The second-order valence-corrected chi connectivity index (χ2v) is 7.21. The van der Waals surface area contributed by atoms with Crippen LogP contribution in [0.25, 0.3) is 0 Å². The molecule has 0 unspecified atom stereocenters. The van der Waals surface area contributed by atoms with E-state index in [0.29, 0.717) is 33.8 Å². The Morgan fingerprint density at radius 3 is 0.818 bits per heavy atom. The molecule has 0 radical (unpaired) electrons. The minimum atomic E-state index is 0.349. The van der Waals surface area contributed by atoms with Gasteiger partial charge in [0.1, 0.15) is 0 Å². The molecule has 4 aromatic carbocycles. The summed E-state index contributed by atoms with van der Waals surface area (Å²) in [5.41, 5.74) is 24.4. The molecule has 4 aromatic rings. The molecule has 0 heterocycles. The lowest BCUT2D eigenvalue weighted by Gasteiger charge is -2.13. The standard InChI is InChI=1S/C30H21N3/c31-28-25(19-16-22-10-4-1-5-11-22)29(32)27(21-18-24-14-8-3-9-15-24)30(33)26(28)20-17-23-12-6-2-7-13-23/h1-15H,31-33H2. The van der Waals surface area contributed by atoms with Crippen LogP contribution in [0.1, 0.15) is 33.4 Å². The molecule has 33 heavy (non-hydrogen) atoms. The summed E-state index contributed by atoms with van der Waals surface area (Å²) in [6.45, 7) is 0. The monoisotopic (exact) mass is 423 g/mol. The molecule has 0 bridgehead atoms. The van der Waals surface area contributed by atoms with Gasteiger partial charge in [-0.1, -0.05) is 90.1 Å². The van der Waals surface area contributed by atoms with Gasteiger partial charge in [0.2, 0.25) is 0 Å². The molecule has 0 aliphatic rings. The Morgan fingerprint density at radius 1 is 0.333 bits per heavy atom. The highest BCUT2D eigenvalue weighted by Crippen LogP contribution is 2.33. The average molecular weight is 424 g/mol. The van der Waals surface area contributed by atoms with Crippen molar-refractivity contribution in [3.63, 3.8) is 0 Å². The van der Waals surface area contributed by atoms with Crippen LogP contribution < -0.4 is 17.2 Å². The minimum Gasteiger partial charge on any atom is -0.397 e. The number of hydrogen-bond donors (Lipinski definition) is 3. The van der Waals surface area contributed by atoms with Crippen LogP contribution in [0.2, 0.25) is 0 Å². The van der Waals surface area contributed by atoms with Crippen molar-refractivity contribution in [2.45, 2.75) is 0 Å². The molecule has 0 aromatic heterocycles. The lowest BCUT2D eigenvalue weighted by molar-refractivity contribution is 1.53. The molecule has 0 spiro atoms. The van der Waals surface area contributed by atoms with Crippen molar-refractivity contribution >= 4 is 17.1 Å². The molecule has 0 saturated heterocycles. The summed E-state index contributed by atoms with van der Waals surface area (Å²) < 4.78 is 0. The molecule has 4 rings (SSSR count). The van der Waals surface area contributed by atoms with Crippen LogP contribution in [0.5, 0.6) is 0 Å². The van der Waals surface area contributed by atoms with Gasteiger partial charge in [-0.15, -0.1) is 0 Å². The van der Waals surface area contributed by atoms with Crippen LogP contribution >= 0.6 is 0 Å². The smallest absolute Gasteiger partial charge is 0.0735 e. The SMILES string of the molecule is Nc1c(C#Cc2ccccc2)c(N)c(C#Cc2ccccc2)c(N)c1C#Cc1ccccc1. The van der Waals surface area contributed by atoms with Crippen molar-refractivity contribution in [2.75, 3.05) is 17.2 Å². The van der Waals surface area contributed by atoms with Gasteiger partial charge in [-0.25, -0.2) is 0 Å². The first kappa shape index (κ1) is 21.2. The average Bonchev–Trinajstić information content (AvgIpc) is 2.86. The van der Waals surface area contributed by atoms with Gasteiger partial charge in [0, 0.05) is 16.7 Å². The van der Waals surface area contributed by atoms with E-state index in [4.69, 9.17) is 17.2 Å². The van der Waals surface area contributed by atoms with Gasteiger partial charge in [0.25, 0.3) is 0 Å². The first-order valence-electron chi connectivity index (χ1n) is 10.3. The molecular weight excluding hydrogens is 402 g/mol. The molecule has 0 saturated carbocycles. The Balaban J connectivity index is 1.90. The number of nitrogen functional groups attached to an aromatic ring is 3. The zero-order valence-electron chi connectivity index (χ0n) is 17.9. The molecule has 0 fully saturated rings. The van der Waals surface area contributed by atoms with Gasteiger partial charge in [-0.3, -0.25) is 0 Å². The third-order valence-electron chi connectivity index (χ3n) is 4.93. The van der Waals surface area contributed by atoms with E-state index in [1.807, 2.05) is 91.0 Å². The number of rotatable bonds is 0. The fraction of sp³-hybridized carbons (Fsp3) is 0. The van der Waals surface area contributed by atoms with E-state index in [-0.39, 0.29) is 0 Å². The van der Waals surface area contributed by atoms with Gasteiger partial charge < -0.3 is 17.2 Å². The number of benzene rings is 4. The van der Waals surface area contributed by atoms with E-state index in [1.54, 1.807) is 0 Å².